The summed E-state index contributed by atoms with van der Waals surface area (Å²) in [6.07, 6.45) is 3.35. The van der Waals surface area contributed by atoms with E-state index in [-0.39, 0.29) is 0 Å². The lowest BCUT2D eigenvalue weighted by molar-refractivity contribution is 0.453. The van der Waals surface area contributed by atoms with Crippen molar-refractivity contribution in [1.29, 1.82) is 0 Å². The zero-order valence-electron chi connectivity index (χ0n) is 12.9. The first-order valence-electron chi connectivity index (χ1n) is 7.81. The van der Waals surface area contributed by atoms with Crippen LogP contribution in [0.3, 0.4) is 0 Å². The predicted molar refractivity (Wildman–Crippen MR) is 85.6 cm³/mol. The summed E-state index contributed by atoms with van der Waals surface area (Å²) in [4.78, 5) is 9.28. The van der Waals surface area contributed by atoms with E-state index in [2.05, 4.69) is 52.5 Å². The Morgan fingerprint density at radius 1 is 1.14 bits per heavy atom. The molecule has 2 aromatic rings. The van der Waals surface area contributed by atoms with E-state index in [4.69, 9.17) is 0 Å². The van der Waals surface area contributed by atoms with E-state index in [0.29, 0.717) is 5.92 Å². The molecule has 1 saturated heterocycles. The molecule has 0 spiro atoms. The van der Waals surface area contributed by atoms with E-state index in [1.807, 2.05) is 6.92 Å². The number of rotatable bonds is 3. The number of nitrogens with one attached hydrogen (secondary N) is 1. The lowest BCUT2D eigenvalue weighted by Crippen LogP contribution is -2.29. The van der Waals surface area contributed by atoms with Crippen LogP contribution < -0.4 is 5.32 Å². The number of aromatic nitrogens is 2. The summed E-state index contributed by atoms with van der Waals surface area (Å²) in [5, 5.41) is 3.47. The SMILES string of the molecule is Cc1ccc(Cc2cc([C@@H]3CCCNC3)nc(C)n2)cc1. The molecule has 1 fully saturated rings. The van der Waals surface area contributed by atoms with Crippen LogP contribution in [0.4, 0.5) is 0 Å². The zero-order valence-corrected chi connectivity index (χ0v) is 12.9. The van der Waals surface area contributed by atoms with Crippen molar-refractivity contribution in [2.45, 2.75) is 39.0 Å². The first-order valence-corrected chi connectivity index (χ1v) is 7.81. The average Bonchev–Trinajstić information content (AvgIpc) is 2.50. The second-order valence-electron chi connectivity index (χ2n) is 6.04. The van der Waals surface area contributed by atoms with Crippen LogP contribution in [0, 0.1) is 13.8 Å². The van der Waals surface area contributed by atoms with Crippen LogP contribution in [-0.4, -0.2) is 23.1 Å². The maximum Gasteiger partial charge on any atom is 0.125 e. The monoisotopic (exact) mass is 281 g/mol. The molecule has 1 N–H and O–H groups in total. The number of hydrogen-bond donors (Lipinski definition) is 1. The van der Waals surface area contributed by atoms with Gasteiger partial charge in [-0.05, 0) is 44.9 Å². The summed E-state index contributed by atoms with van der Waals surface area (Å²) < 4.78 is 0. The van der Waals surface area contributed by atoms with E-state index in [1.165, 1.54) is 29.7 Å². The molecule has 0 aliphatic carbocycles. The smallest absolute Gasteiger partial charge is 0.125 e. The molecule has 0 saturated carbocycles. The van der Waals surface area contributed by atoms with E-state index in [1.54, 1.807) is 0 Å². The Morgan fingerprint density at radius 3 is 2.67 bits per heavy atom. The van der Waals surface area contributed by atoms with Gasteiger partial charge in [-0.15, -0.1) is 0 Å². The summed E-state index contributed by atoms with van der Waals surface area (Å²) in [6.45, 7) is 6.29. The molecule has 1 aliphatic rings. The van der Waals surface area contributed by atoms with Crippen molar-refractivity contribution in [3.05, 3.63) is 58.7 Å². The molecule has 0 bridgehead atoms. The maximum atomic E-state index is 4.66. The zero-order chi connectivity index (χ0) is 14.7. The minimum absolute atomic E-state index is 0.539. The lowest BCUT2D eigenvalue weighted by atomic mass is 9.95. The molecule has 0 radical (unpaired) electrons. The maximum absolute atomic E-state index is 4.66. The van der Waals surface area contributed by atoms with Crippen molar-refractivity contribution in [3.8, 4) is 0 Å². The molecule has 3 heteroatoms. The van der Waals surface area contributed by atoms with Crippen LogP contribution in [0.25, 0.3) is 0 Å². The van der Waals surface area contributed by atoms with Gasteiger partial charge in [-0.25, -0.2) is 9.97 Å². The van der Waals surface area contributed by atoms with Crippen molar-refractivity contribution in [2.24, 2.45) is 0 Å². The van der Waals surface area contributed by atoms with Gasteiger partial charge in [0, 0.05) is 30.3 Å². The normalized spacial score (nSPS) is 18.7. The quantitative estimate of drug-likeness (QED) is 0.939. The second-order valence-corrected chi connectivity index (χ2v) is 6.04. The van der Waals surface area contributed by atoms with Gasteiger partial charge in [-0.2, -0.15) is 0 Å². The van der Waals surface area contributed by atoms with Gasteiger partial charge in [0.2, 0.25) is 0 Å². The number of piperidine rings is 1. The highest BCUT2D eigenvalue weighted by molar-refractivity contribution is 5.27. The van der Waals surface area contributed by atoms with Crippen LogP contribution in [0.2, 0.25) is 0 Å². The molecule has 110 valence electrons. The highest BCUT2D eigenvalue weighted by Crippen LogP contribution is 2.22. The van der Waals surface area contributed by atoms with Gasteiger partial charge in [-0.1, -0.05) is 29.8 Å². The molecule has 2 heterocycles. The third-order valence-corrected chi connectivity index (χ3v) is 4.13. The fraction of sp³-hybridized carbons (Fsp3) is 0.444. The average molecular weight is 281 g/mol. The van der Waals surface area contributed by atoms with Crippen LogP contribution in [0.5, 0.6) is 0 Å². The topological polar surface area (TPSA) is 37.8 Å². The van der Waals surface area contributed by atoms with Gasteiger partial charge in [0.25, 0.3) is 0 Å². The highest BCUT2D eigenvalue weighted by atomic mass is 14.9. The van der Waals surface area contributed by atoms with Gasteiger partial charge in [0.15, 0.2) is 0 Å². The number of benzene rings is 1. The van der Waals surface area contributed by atoms with Crippen LogP contribution in [0.15, 0.2) is 30.3 Å². The van der Waals surface area contributed by atoms with Gasteiger partial charge in [-0.3, -0.25) is 0 Å². The third-order valence-electron chi connectivity index (χ3n) is 4.13. The molecule has 1 aliphatic heterocycles. The van der Waals surface area contributed by atoms with Gasteiger partial charge in [0.05, 0.1) is 0 Å². The molecule has 1 atom stereocenters. The number of aryl methyl sites for hydroxylation is 2. The van der Waals surface area contributed by atoms with E-state index in [0.717, 1.165) is 31.0 Å². The first-order chi connectivity index (χ1) is 10.2. The Balaban J connectivity index is 1.81. The molecular weight excluding hydrogens is 258 g/mol. The van der Waals surface area contributed by atoms with Crippen LogP contribution in [-0.2, 0) is 6.42 Å². The summed E-state index contributed by atoms with van der Waals surface area (Å²) in [5.74, 6) is 1.43. The second kappa shape index (κ2) is 6.35. The molecule has 1 aromatic heterocycles. The summed E-state index contributed by atoms with van der Waals surface area (Å²) in [6, 6.07) is 10.9. The molecule has 0 amide bonds. The Bertz CT molecular complexity index is 598. The van der Waals surface area contributed by atoms with Crippen molar-refractivity contribution in [3.63, 3.8) is 0 Å². The van der Waals surface area contributed by atoms with Crippen molar-refractivity contribution < 1.29 is 0 Å². The van der Waals surface area contributed by atoms with Crippen LogP contribution in [0.1, 0.15) is 47.1 Å². The standard InChI is InChI=1S/C18H23N3/c1-13-5-7-15(8-6-13)10-17-11-18(21-14(2)20-17)16-4-3-9-19-12-16/h5-8,11,16,19H,3-4,9-10,12H2,1-2H3/t16-/m1/s1. The minimum atomic E-state index is 0.539. The first kappa shape index (κ1) is 14.2. The van der Waals surface area contributed by atoms with Crippen molar-refractivity contribution in [1.82, 2.24) is 15.3 Å². The lowest BCUT2D eigenvalue weighted by Gasteiger charge is -2.22. The Hall–Kier alpha value is -1.74. The largest absolute Gasteiger partial charge is 0.316 e. The minimum Gasteiger partial charge on any atom is -0.316 e. The number of hydrogen-bond acceptors (Lipinski definition) is 3. The fourth-order valence-corrected chi connectivity index (χ4v) is 2.97. The molecule has 3 rings (SSSR count). The molecule has 0 unspecified atom stereocenters. The Morgan fingerprint density at radius 2 is 1.95 bits per heavy atom. The van der Waals surface area contributed by atoms with Gasteiger partial charge >= 0.3 is 0 Å². The predicted octanol–water partition coefficient (Wildman–Crippen LogP) is 3.15. The van der Waals surface area contributed by atoms with E-state index >= 15 is 0 Å². The van der Waals surface area contributed by atoms with Gasteiger partial charge in [0.1, 0.15) is 5.82 Å². The van der Waals surface area contributed by atoms with E-state index in [9.17, 15) is 0 Å². The summed E-state index contributed by atoms with van der Waals surface area (Å²) in [5.41, 5.74) is 4.95. The fourth-order valence-electron chi connectivity index (χ4n) is 2.97. The third kappa shape index (κ3) is 3.67. The van der Waals surface area contributed by atoms with Gasteiger partial charge < -0.3 is 5.32 Å². The summed E-state index contributed by atoms with van der Waals surface area (Å²) in [7, 11) is 0. The molecular formula is C18H23N3. The molecule has 1 aromatic carbocycles. The summed E-state index contributed by atoms with van der Waals surface area (Å²) >= 11 is 0. The Kier molecular flexibility index (Phi) is 4.30. The highest BCUT2D eigenvalue weighted by Gasteiger charge is 2.17. The molecule has 3 nitrogen and oxygen atoms in total. The van der Waals surface area contributed by atoms with Crippen molar-refractivity contribution >= 4 is 0 Å². The van der Waals surface area contributed by atoms with E-state index < -0.39 is 0 Å². The van der Waals surface area contributed by atoms with Crippen LogP contribution >= 0.6 is 0 Å². The van der Waals surface area contributed by atoms with Crippen molar-refractivity contribution in [2.75, 3.05) is 13.1 Å². The Labute approximate surface area is 126 Å². The molecule has 21 heavy (non-hydrogen) atoms. The number of nitrogens with zero attached hydrogens (tertiary/aromatic N) is 2.